The summed E-state index contributed by atoms with van der Waals surface area (Å²) in [4.78, 5) is 73.2. The van der Waals surface area contributed by atoms with Crippen LogP contribution in [0.4, 0.5) is 0 Å². The van der Waals surface area contributed by atoms with Crippen LogP contribution in [0.25, 0.3) is 0 Å². The molecule has 0 amide bonds. The molecule has 0 aliphatic carbocycles. The van der Waals surface area contributed by atoms with E-state index in [1.807, 2.05) is 0 Å². The average Bonchev–Trinajstić information content (AvgIpc) is 0.916. The number of hydrogen-bond donors (Lipinski definition) is 3. The maximum Gasteiger partial charge on any atom is 0.472 e. The maximum atomic E-state index is 13.1. The molecule has 0 aliphatic heterocycles. The third-order valence-corrected chi connectivity index (χ3v) is 22.5. The molecule has 0 radical (unpaired) electrons. The van der Waals surface area contributed by atoms with E-state index in [9.17, 15) is 43.2 Å². The van der Waals surface area contributed by atoms with E-state index in [4.69, 9.17) is 37.0 Å². The molecule has 0 rings (SSSR count). The molecular weight excluding hydrogens is 1370 g/mol. The van der Waals surface area contributed by atoms with Gasteiger partial charge in [0.15, 0.2) is 12.2 Å². The van der Waals surface area contributed by atoms with Gasteiger partial charge in [0, 0.05) is 25.7 Å². The predicted octanol–water partition coefficient (Wildman–Crippen LogP) is 26.2. The van der Waals surface area contributed by atoms with Gasteiger partial charge >= 0.3 is 39.5 Å². The normalized spacial score (nSPS) is 14.1. The summed E-state index contributed by atoms with van der Waals surface area (Å²) in [5.74, 6) is -0.566. The lowest BCUT2D eigenvalue weighted by Crippen LogP contribution is -2.30. The molecule has 624 valence electrons. The summed E-state index contributed by atoms with van der Waals surface area (Å²) in [5.41, 5.74) is 0. The molecule has 19 heteroatoms. The first-order valence-electron chi connectivity index (χ1n) is 44.5. The Balaban J connectivity index is 5.23. The van der Waals surface area contributed by atoms with Crippen LogP contribution in [0.5, 0.6) is 0 Å². The lowest BCUT2D eigenvalue weighted by Gasteiger charge is -2.21. The second-order valence-corrected chi connectivity index (χ2v) is 34.6. The number of phosphoric ester groups is 2. The highest BCUT2D eigenvalue weighted by Gasteiger charge is 2.30. The van der Waals surface area contributed by atoms with E-state index in [-0.39, 0.29) is 25.7 Å². The molecule has 0 fully saturated rings. The highest BCUT2D eigenvalue weighted by molar-refractivity contribution is 7.47. The molecule has 105 heavy (non-hydrogen) atoms. The smallest absolute Gasteiger partial charge is 0.462 e. The van der Waals surface area contributed by atoms with Crippen molar-refractivity contribution in [2.45, 2.75) is 477 Å². The van der Waals surface area contributed by atoms with Crippen LogP contribution in [0.2, 0.25) is 0 Å². The molecule has 0 aliphatic rings. The van der Waals surface area contributed by atoms with Crippen molar-refractivity contribution >= 4 is 39.5 Å². The summed E-state index contributed by atoms with van der Waals surface area (Å²) in [6, 6.07) is 0. The van der Waals surface area contributed by atoms with Crippen molar-refractivity contribution < 1.29 is 80.2 Å². The summed E-state index contributed by atoms with van der Waals surface area (Å²) < 4.78 is 68.9. The summed E-state index contributed by atoms with van der Waals surface area (Å²) in [6.45, 7) is 9.66. The van der Waals surface area contributed by atoms with Crippen LogP contribution in [0, 0.1) is 11.8 Å². The molecule has 0 saturated heterocycles. The Labute approximate surface area is 645 Å². The molecule has 3 N–H and O–H groups in total. The lowest BCUT2D eigenvalue weighted by atomic mass is 10.00. The minimum absolute atomic E-state index is 0.108. The highest BCUT2D eigenvalue weighted by atomic mass is 31.2. The van der Waals surface area contributed by atoms with Gasteiger partial charge in [-0.15, -0.1) is 0 Å². The van der Waals surface area contributed by atoms with Crippen molar-refractivity contribution in [1.29, 1.82) is 0 Å². The van der Waals surface area contributed by atoms with Crippen molar-refractivity contribution in [3.63, 3.8) is 0 Å². The Morgan fingerprint density at radius 1 is 0.276 bits per heavy atom. The van der Waals surface area contributed by atoms with Crippen molar-refractivity contribution in [2.24, 2.45) is 11.8 Å². The molecule has 0 saturated carbocycles. The third-order valence-electron chi connectivity index (χ3n) is 20.6. The second kappa shape index (κ2) is 77.4. The number of rotatable bonds is 85. The molecular formula is C86H168O17P2. The number of ether oxygens (including phenoxy) is 4. The number of carbonyl (C=O) groups excluding carboxylic acids is 4. The fraction of sp³-hybridized carbons (Fsp3) is 0.953. The largest absolute Gasteiger partial charge is 0.472 e. The zero-order valence-corrected chi connectivity index (χ0v) is 70.8. The lowest BCUT2D eigenvalue weighted by molar-refractivity contribution is -0.161. The summed E-state index contributed by atoms with van der Waals surface area (Å²) >= 11 is 0. The van der Waals surface area contributed by atoms with Gasteiger partial charge in [-0.1, -0.05) is 408 Å². The van der Waals surface area contributed by atoms with Crippen molar-refractivity contribution in [3.05, 3.63) is 0 Å². The fourth-order valence-corrected chi connectivity index (χ4v) is 15.0. The minimum atomic E-state index is -4.97. The first-order valence-corrected chi connectivity index (χ1v) is 47.5. The predicted molar refractivity (Wildman–Crippen MR) is 432 cm³/mol. The molecule has 0 heterocycles. The first kappa shape index (κ1) is 103. The summed E-state index contributed by atoms with van der Waals surface area (Å²) in [7, 11) is -9.93. The number of unbranched alkanes of at least 4 members (excludes halogenated alkanes) is 54. The zero-order chi connectivity index (χ0) is 77.1. The highest BCUT2D eigenvalue weighted by Crippen LogP contribution is 2.45. The van der Waals surface area contributed by atoms with E-state index >= 15 is 0 Å². The van der Waals surface area contributed by atoms with Crippen LogP contribution in [-0.4, -0.2) is 96.7 Å². The van der Waals surface area contributed by atoms with E-state index in [0.29, 0.717) is 25.7 Å². The van der Waals surface area contributed by atoms with Crippen molar-refractivity contribution in [3.8, 4) is 0 Å². The SMILES string of the molecule is CCCCCCCCCCCCCCCCCCCCCC(=O)O[C@H](COC(=O)CCCCCCCCCCCCCCCCCC(C)C)COP(=O)(O)OC[C@@H](O)COP(=O)(O)OC[C@@H](COC(=O)CCCCCCCCC(C)CC)OC(=O)CCCCCCCCCCCCCCCCCCCC. The van der Waals surface area contributed by atoms with E-state index in [1.165, 1.54) is 270 Å². The Morgan fingerprint density at radius 3 is 0.724 bits per heavy atom. The monoisotopic (exact) mass is 1540 g/mol. The summed E-state index contributed by atoms with van der Waals surface area (Å²) in [5, 5.41) is 10.7. The van der Waals surface area contributed by atoms with Gasteiger partial charge < -0.3 is 33.8 Å². The average molecular weight is 1540 g/mol. The zero-order valence-electron chi connectivity index (χ0n) is 69.0. The molecule has 17 nitrogen and oxygen atoms in total. The topological polar surface area (TPSA) is 237 Å². The second-order valence-electron chi connectivity index (χ2n) is 31.6. The quantitative estimate of drug-likeness (QED) is 0.0222. The fourth-order valence-electron chi connectivity index (χ4n) is 13.4. The standard InChI is InChI=1S/C86H168O17P2/c1-7-10-12-14-16-18-20-22-24-26-28-30-34-39-43-47-51-59-64-70-85(90)102-81(74-96-83(88)68-62-56-49-45-41-37-35-31-32-36-40-44-48-54-60-66-78(4)5)76-100-104(92,93)98-72-80(87)73-99-105(94,95)101-77-82(75-97-84(89)69-63-57-53-52-55-61-67-79(6)9-3)103-86(91)71-65-58-50-46-42-38-33-29-27-25-23-21-19-17-15-13-11-8-2/h78-82,87H,7-77H2,1-6H3,(H,92,93)(H,94,95)/t79?,80-,81-,82-/m1/s1. The van der Waals surface area contributed by atoms with E-state index in [1.54, 1.807) is 0 Å². The van der Waals surface area contributed by atoms with Gasteiger partial charge in [-0.2, -0.15) is 0 Å². The maximum absolute atomic E-state index is 13.1. The van der Waals surface area contributed by atoms with Crippen LogP contribution in [-0.2, 0) is 65.4 Å². The van der Waals surface area contributed by atoms with Crippen LogP contribution < -0.4 is 0 Å². The van der Waals surface area contributed by atoms with Gasteiger partial charge in [0.2, 0.25) is 0 Å². The van der Waals surface area contributed by atoms with E-state index < -0.39 is 97.5 Å². The first-order chi connectivity index (χ1) is 50.9. The van der Waals surface area contributed by atoms with Crippen molar-refractivity contribution in [1.82, 2.24) is 0 Å². The van der Waals surface area contributed by atoms with Crippen LogP contribution in [0.3, 0.4) is 0 Å². The van der Waals surface area contributed by atoms with Gasteiger partial charge in [-0.3, -0.25) is 37.3 Å². The Kier molecular flexibility index (Phi) is 76.0. The van der Waals surface area contributed by atoms with Crippen LogP contribution >= 0.6 is 15.6 Å². The molecule has 0 aromatic rings. The molecule has 3 unspecified atom stereocenters. The molecule has 0 spiro atoms. The van der Waals surface area contributed by atoms with Crippen LogP contribution in [0.1, 0.15) is 459 Å². The van der Waals surface area contributed by atoms with E-state index in [0.717, 1.165) is 108 Å². The van der Waals surface area contributed by atoms with Gasteiger partial charge in [-0.25, -0.2) is 9.13 Å². The van der Waals surface area contributed by atoms with E-state index in [2.05, 4.69) is 41.5 Å². The Bertz CT molecular complexity index is 2010. The molecule has 6 atom stereocenters. The Hall–Kier alpha value is -1.94. The van der Waals surface area contributed by atoms with Gasteiger partial charge in [0.25, 0.3) is 0 Å². The number of hydrogen-bond acceptors (Lipinski definition) is 15. The van der Waals surface area contributed by atoms with Crippen LogP contribution in [0.15, 0.2) is 0 Å². The number of carbonyl (C=O) groups is 4. The minimum Gasteiger partial charge on any atom is -0.462 e. The number of esters is 4. The van der Waals surface area contributed by atoms with Gasteiger partial charge in [0.1, 0.15) is 19.3 Å². The van der Waals surface area contributed by atoms with Gasteiger partial charge in [0.05, 0.1) is 26.4 Å². The molecule has 0 aromatic carbocycles. The summed E-state index contributed by atoms with van der Waals surface area (Å²) in [6.07, 6.45) is 69.5. The van der Waals surface area contributed by atoms with Crippen molar-refractivity contribution in [2.75, 3.05) is 39.6 Å². The molecule has 0 bridgehead atoms. The number of aliphatic hydroxyl groups is 1. The Morgan fingerprint density at radius 2 is 0.486 bits per heavy atom. The number of phosphoric acid groups is 2. The van der Waals surface area contributed by atoms with Gasteiger partial charge in [-0.05, 0) is 37.5 Å². The third kappa shape index (κ3) is 78.5. The number of aliphatic hydroxyl groups excluding tert-OH is 1. The molecule has 0 aromatic heterocycles.